The van der Waals surface area contributed by atoms with Gasteiger partial charge in [-0.25, -0.2) is 9.78 Å². The number of ether oxygens (including phenoxy) is 1. The number of hydrogen-bond acceptors (Lipinski definition) is 6. The van der Waals surface area contributed by atoms with Crippen molar-refractivity contribution in [2.24, 2.45) is 0 Å². The van der Waals surface area contributed by atoms with Gasteiger partial charge in [-0.2, -0.15) is 0 Å². The Labute approximate surface area is 105 Å². The van der Waals surface area contributed by atoms with E-state index < -0.39 is 0 Å². The Morgan fingerprint density at radius 2 is 2.41 bits per heavy atom. The van der Waals surface area contributed by atoms with E-state index in [1.54, 1.807) is 6.20 Å². The molecule has 2 rings (SSSR count). The Balaban J connectivity index is 2.14. The summed E-state index contributed by atoms with van der Waals surface area (Å²) in [7, 11) is 0. The third-order valence-corrected chi connectivity index (χ3v) is 3.54. The summed E-state index contributed by atoms with van der Waals surface area (Å²) in [5.41, 5.74) is 0. The molecule has 0 spiro atoms. The topological polar surface area (TPSA) is 54.5 Å². The van der Waals surface area contributed by atoms with Gasteiger partial charge in [-0.1, -0.05) is 0 Å². The van der Waals surface area contributed by atoms with E-state index in [1.807, 2.05) is 12.3 Å². The van der Waals surface area contributed by atoms with Gasteiger partial charge in [0.2, 0.25) is 0 Å². The molecule has 0 bridgehead atoms. The number of aromatic nitrogens is 1. The van der Waals surface area contributed by atoms with Gasteiger partial charge in [0.1, 0.15) is 5.01 Å². The highest BCUT2D eigenvalue weighted by Gasteiger charge is 2.31. The minimum Gasteiger partial charge on any atom is -0.464 e. The van der Waals surface area contributed by atoms with Crippen molar-refractivity contribution in [3.8, 4) is 0 Å². The summed E-state index contributed by atoms with van der Waals surface area (Å²) in [5.74, 6) is -0.190. The predicted molar refractivity (Wildman–Crippen MR) is 65.9 cm³/mol. The average Bonchev–Trinajstić information content (AvgIpc) is 2.85. The second-order valence-corrected chi connectivity index (χ2v) is 4.74. The molecule has 5 nitrogen and oxygen atoms in total. The quantitative estimate of drug-likeness (QED) is 0.801. The van der Waals surface area contributed by atoms with Crippen LogP contribution in [-0.2, 0) is 9.53 Å². The Bertz CT molecular complexity index is 350. The van der Waals surface area contributed by atoms with Gasteiger partial charge in [0.05, 0.1) is 6.61 Å². The fourth-order valence-electron chi connectivity index (χ4n) is 1.94. The maximum atomic E-state index is 12.0. The molecule has 1 aliphatic heterocycles. The van der Waals surface area contributed by atoms with Gasteiger partial charge in [0.15, 0.2) is 6.04 Å². The lowest BCUT2D eigenvalue weighted by Gasteiger charge is -2.32. The van der Waals surface area contributed by atoms with Crippen LogP contribution in [-0.4, -0.2) is 48.6 Å². The van der Waals surface area contributed by atoms with Crippen LogP contribution in [0, 0.1) is 0 Å². The first-order valence-corrected chi connectivity index (χ1v) is 6.71. The largest absolute Gasteiger partial charge is 0.464 e. The van der Waals surface area contributed by atoms with Gasteiger partial charge < -0.3 is 10.1 Å². The lowest BCUT2D eigenvalue weighted by atomic mass is 10.2. The van der Waals surface area contributed by atoms with E-state index in [0.29, 0.717) is 6.61 Å². The van der Waals surface area contributed by atoms with Gasteiger partial charge in [-0.15, -0.1) is 11.3 Å². The minimum absolute atomic E-state index is 0.190. The van der Waals surface area contributed by atoms with Gasteiger partial charge in [-0.05, 0) is 6.92 Å². The molecular formula is C11H17N3O2S. The molecule has 0 amide bonds. The lowest BCUT2D eigenvalue weighted by Crippen LogP contribution is -2.47. The number of piperazine rings is 1. The zero-order valence-electron chi connectivity index (χ0n) is 9.89. The molecule has 94 valence electrons. The van der Waals surface area contributed by atoms with Crippen molar-refractivity contribution in [2.45, 2.75) is 13.0 Å². The second kappa shape index (κ2) is 6.09. The van der Waals surface area contributed by atoms with E-state index in [2.05, 4.69) is 15.2 Å². The fourth-order valence-corrected chi connectivity index (χ4v) is 2.69. The SMILES string of the molecule is CCOC(=O)C(c1nccs1)N1CCNCC1. The molecule has 0 radical (unpaired) electrons. The van der Waals surface area contributed by atoms with Crippen LogP contribution in [0.25, 0.3) is 0 Å². The standard InChI is InChI=1S/C11H17N3O2S/c1-2-16-11(15)9(10-13-5-8-17-10)14-6-3-12-4-7-14/h5,8-9,12H,2-4,6-7H2,1H3. The summed E-state index contributed by atoms with van der Waals surface area (Å²) >= 11 is 1.50. The van der Waals surface area contributed by atoms with E-state index in [-0.39, 0.29) is 12.0 Å². The average molecular weight is 255 g/mol. The number of thiazole rings is 1. The minimum atomic E-state index is -0.336. The highest BCUT2D eigenvalue weighted by atomic mass is 32.1. The van der Waals surface area contributed by atoms with Crippen molar-refractivity contribution in [3.63, 3.8) is 0 Å². The summed E-state index contributed by atoms with van der Waals surface area (Å²) in [4.78, 5) is 18.4. The van der Waals surface area contributed by atoms with Crippen LogP contribution in [0.5, 0.6) is 0 Å². The Morgan fingerprint density at radius 3 is 3.00 bits per heavy atom. The molecule has 0 aromatic carbocycles. The number of nitrogens with zero attached hydrogens (tertiary/aromatic N) is 2. The van der Waals surface area contributed by atoms with Gasteiger partial charge in [0.25, 0.3) is 0 Å². The molecule has 1 fully saturated rings. The number of rotatable bonds is 4. The molecule has 1 aliphatic rings. The Hall–Kier alpha value is -0.980. The van der Waals surface area contributed by atoms with Crippen molar-refractivity contribution >= 4 is 17.3 Å². The summed E-state index contributed by atoms with van der Waals surface area (Å²) < 4.78 is 5.15. The van der Waals surface area contributed by atoms with E-state index in [1.165, 1.54) is 11.3 Å². The van der Waals surface area contributed by atoms with Crippen LogP contribution in [0.15, 0.2) is 11.6 Å². The molecule has 0 saturated carbocycles. The van der Waals surface area contributed by atoms with Crippen LogP contribution < -0.4 is 5.32 Å². The van der Waals surface area contributed by atoms with E-state index in [9.17, 15) is 4.79 Å². The highest BCUT2D eigenvalue weighted by Crippen LogP contribution is 2.24. The van der Waals surface area contributed by atoms with Crippen molar-refractivity contribution < 1.29 is 9.53 Å². The Kier molecular flexibility index (Phi) is 4.47. The van der Waals surface area contributed by atoms with E-state index in [0.717, 1.165) is 31.2 Å². The van der Waals surface area contributed by atoms with Crippen molar-refractivity contribution in [3.05, 3.63) is 16.6 Å². The number of carbonyl (C=O) groups excluding carboxylic acids is 1. The third kappa shape index (κ3) is 3.02. The third-order valence-electron chi connectivity index (χ3n) is 2.71. The zero-order valence-corrected chi connectivity index (χ0v) is 10.7. The molecule has 1 atom stereocenters. The van der Waals surface area contributed by atoms with Crippen LogP contribution in [0.3, 0.4) is 0 Å². The van der Waals surface area contributed by atoms with Gasteiger partial charge in [-0.3, -0.25) is 4.90 Å². The normalized spacial score (nSPS) is 18.9. The number of esters is 1. The smallest absolute Gasteiger partial charge is 0.330 e. The zero-order chi connectivity index (χ0) is 12.1. The molecule has 0 aliphatic carbocycles. The Morgan fingerprint density at radius 1 is 1.65 bits per heavy atom. The van der Waals surface area contributed by atoms with E-state index >= 15 is 0 Å². The number of nitrogens with one attached hydrogen (secondary N) is 1. The van der Waals surface area contributed by atoms with Gasteiger partial charge >= 0.3 is 5.97 Å². The first-order valence-electron chi connectivity index (χ1n) is 5.83. The van der Waals surface area contributed by atoms with Crippen LogP contribution in [0.2, 0.25) is 0 Å². The monoisotopic (exact) mass is 255 g/mol. The summed E-state index contributed by atoms with van der Waals surface area (Å²) in [6, 6.07) is -0.336. The van der Waals surface area contributed by atoms with Crippen molar-refractivity contribution in [1.82, 2.24) is 15.2 Å². The second-order valence-electron chi connectivity index (χ2n) is 3.81. The van der Waals surface area contributed by atoms with Crippen LogP contribution >= 0.6 is 11.3 Å². The van der Waals surface area contributed by atoms with E-state index in [4.69, 9.17) is 4.74 Å². The molecule has 1 unspecified atom stereocenters. The molecule has 1 aromatic rings. The molecule has 1 N–H and O–H groups in total. The molecule has 6 heteroatoms. The van der Waals surface area contributed by atoms with Crippen molar-refractivity contribution in [1.29, 1.82) is 0 Å². The number of hydrogen-bond donors (Lipinski definition) is 1. The van der Waals surface area contributed by atoms with Crippen molar-refractivity contribution in [2.75, 3.05) is 32.8 Å². The molecule has 1 saturated heterocycles. The lowest BCUT2D eigenvalue weighted by molar-refractivity contribution is -0.150. The van der Waals surface area contributed by atoms with Crippen LogP contribution in [0.4, 0.5) is 0 Å². The fraction of sp³-hybridized carbons (Fsp3) is 0.636. The summed E-state index contributed by atoms with van der Waals surface area (Å²) in [6.07, 6.45) is 1.73. The molecule has 17 heavy (non-hydrogen) atoms. The predicted octanol–water partition coefficient (Wildman–Crippen LogP) is 0.653. The maximum absolute atomic E-state index is 12.0. The van der Waals surface area contributed by atoms with Gasteiger partial charge in [0, 0.05) is 37.8 Å². The number of carbonyl (C=O) groups is 1. The molecular weight excluding hydrogens is 238 g/mol. The summed E-state index contributed by atoms with van der Waals surface area (Å²) in [5, 5.41) is 5.99. The first kappa shape index (κ1) is 12.5. The molecule has 2 heterocycles. The van der Waals surface area contributed by atoms with Crippen LogP contribution in [0.1, 0.15) is 18.0 Å². The maximum Gasteiger partial charge on any atom is 0.330 e. The highest BCUT2D eigenvalue weighted by molar-refractivity contribution is 7.09. The molecule has 1 aromatic heterocycles. The summed E-state index contributed by atoms with van der Waals surface area (Å²) in [6.45, 7) is 5.75. The first-order chi connectivity index (χ1) is 8.33.